The number of hydrogen-bond acceptors (Lipinski definition) is 7. The lowest BCUT2D eigenvalue weighted by atomic mass is 10.1. The summed E-state index contributed by atoms with van der Waals surface area (Å²) in [6.45, 7) is 4.11. The zero-order chi connectivity index (χ0) is 23.5. The van der Waals surface area contributed by atoms with Gasteiger partial charge in [-0.3, -0.25) is 19.8 Å². The molecule has 0 aliphatic carbocycles. The van der Waals surface area contributed by atoms with Crippen LogP contribution in [0.2, 0.25) is 0 Å². The minimum absolute atomic E-state index is 0.00889. The summed E-state index contributed by atoms with van der Waals surface area (Å²) in [6.07, 6.45) is 3.45. The smallest absolute Gasteiger partial charge is 0.219 e. The van der Waals surface area contributed by atoms with Crippen molar-refractivity contribution in [2.24, 2.45) is 0 Å². The number of amides is 1. The number of H-pyrrole nitrogens is 1. The minimum Gasteiger partial charge on any atom is -0.439 e. The number of nitrogens with one attached hydrogen (secondary N) is 1. The van der Waals surface area contributed by atoms with Crippen molar-refractivity contribution in [2.45, 2.75) is 19.5 Å². The highest BCUT2D eigenvalue weighted by atomic mass is 16.5. The van der Waals surface area contributed by atoms with E-state index in [4.69, 9.17) is 9.72 Å². The Balaban J connectivity index is 1.27. The Kier molecular flexibility index (Phi) is 6.20. The van der Waals surface area contributed by atoms with Gasteiger partial charge in [-0.1, -0.05) is 6.07 Å². The molecule has 1 aliphatic heterocycles. The van der Waals surface area contributed by atoms with E-state index >= 15 is 0 Å². The summed E-state index contributed by atoms with van der Waals surface area (Å²) in [6, 6.07) is 15.3. The van der Waals surface area contributed by atoms with Gasteiger partial charge in [0.25, 0.3) is 0 Å². The predicted octanol–water partition coefficient (Wildman–Crippen LogP) is 2.84. The summed E-state index contributed by atoms with van der Waals surface area (Å²) in [7, 11) is 0. The first-order valence-corrected chi connectivity index (χ1v) is 11.2. The zero-order valence-electron chi connectivity index (χ0n) is 18.9. The fourth-order valence-electron chi connectivity index (χ4n) is 4.20. The Labute approximate surface area is 197 Å². The number of rotatable bonds is 6. The van der Waals surface area contributed by atoms with Gasteiger partial charge in [-0.25, -0.2) is 4.98 Å². The van der Waals surface area contributed by atoms with Crippen molar-refractivity contribution in [3.05, 3.63) is 66.6 Å². The fraction of sp³-hybridized carbons (Fsp3) is 0.280. The van der Waals surface area contributed by atoms with Gasteiger partial charge in [-0.2, -0.15) is 5.10 Å². The predicted molar refractivity (Wildman–Crippen MR) is 127 cm³/mol. The van der Waals surface area contributed by atoms with Gasteiger partial charge < -0.3 is 14.7 Å². The quantitative estimate of drug-likeness (QED) is 0.457. The molecule has 9 nitrogen and oxygen atoms in total. The van der Waals surface area contributed by atoms with Crippen LogP contribution in [0.4, 0.5) is 0 Å². The van der Waals surface area contributed by atoms with Crippen LogP contribution >= 0.6 is 0 Å². The molecule has 3 aromatic heterocycles. The SMILES string of the molecule is CC(=O)N1CCN(Cc2ccc3cc(Oc4ccc(-c5ccn[nH]5)cn4)ccc3n2)[C@H](CO)C1. The third kappa shape index (κ3) is 4.75. The summed E-state index contributed by atoms with van der Waals surface area (Å²) in [4.78, 5) is 24.8. The molecule has 9 heteroatoms. The van der Waals surface area contributed by atoms with Crippen molar-refractivity contribution in [1.82, 2.24) is 30.0 Å². The molecular weight excluding hydrogens is 432 g/mol. The van der Waals surface area contributed by atoms with Gasteiger partial charge >= 0.3 is 0 Å². The number of aliphatic hydroxyl groups excluding tert-OH is 1. The molecule has 1 aliphatic rings. The Morgan fingerprint density at radius 3 is 2.82 bits per heavy atom. The van der Waals surface area contributed by atoms with Gasteiger partial charge in [0.2, 0.25) is 11.8 Å². The fourth-order valence-corrected chi connectivity index (χ4v) is 4.20. The van der Waals surface area contributed by atoms with Crippen molar-refractivity contribution in [3.8, 4) is 22.9 Å². The van der Waals surface area contributed by atoms with E-state index in [1.165, 1.54) is 0 Å². The van der Waals surface area contributed by atoms with Crippen LogP contribution in [0.25, 0.3) is 22.2 Å². The summed E-state index contributed by atoms with van der Waals surface area (Å²) >= 11 is 0. The molecule has 1 aromatic carbocycles. The number of hydrogen-bond donors (Lipinski definition) is 2. The van der Waals surface area contributed by atoms with Gasteiger partial charge in [-0.05, 0) is 36.4 Å². The maximum Gasteiger partial charge on any atom is 0.219 e. The number of aliphatic hydroxyl groups is 1. The lowest BCUT2D eigenvalue weighted by molar-refractivity contribution is -0.132. The number of nitrogens with zero attached hydrogens (tertiary/aromatic N) is 5. The van der Waals surface area contributed by atoms with Crippen molar-refractivity contribution in [3.63, 3.8) is 0 Å². The van der Waals surface area contributed by atoms with Gasteiger partial charge in [0.05, 0.1) is 29.6 Å². The number of benzene rings is 1. The molecule has 4 aromatic rings. The average molecular weight is 459 g/mol. The second-order valence-electron chi connectivity index (χ2n) is 8.39. The molecule has 5 rings (SSSR count). The van der Waals surface area contributed by atoms with Crippen LogP contribution < -0.4 is 4.74 Å². The molecule has 174 valence electrons. The molecule has 1 atom stereocenters. The van der Waals surface area contributed by atoms with Crippen molar-refractivity contribution in [1.29, 1.82) is 0 Å². The molecule has 34 heavy (non-hydrogen) atoms. The Hall–Kier alpha value is -3.82. The molecule has 0 spiro atoms. The number of aromatic nitrogens is 4. The normalized spacial score (nSPS) is 16.6. The Morgan fingerprint density at radius 2 is 2.09 bits per heavy atom. The summed E-state index contributed by atoms with van der Waals surface area (Å²) in [5, 5.41) is 17.6. The average Bonchev–Trinajstić information content (AvgIpc) is 3.40. The van der Waals surface area contributed by atoms with E-state index in [0.29, 0.717) is 37.8 Å². The van der Waals surface area contributed by atoms with Crippen molar-refractivity contribution in [2.75, 3.05) is 26.2 Å². The van der Waals surface area contributed by atoms with Gasteiger partial charge in [0.1, 0.15) is 5.75 Å². The monoisotopic (exact) mass is 458 g/mol. The molecule has 1 amide bonds. The van der Waals surface area contributed by atoms with E-state index in [1.807, 2.05) is 48.5 Å². The van der Waals surface area contributed by atoms with Gasteiger partial charge in [0, 0.05) is 62.5 Å². The number of fused-ring (bicyclic) bond motifs is 1. The van der Waals surface area contributed by atoms with E-state index in [0.717, 1.165) is 27.9 Å². The Morgan fingerprint density at radius 1 is 1.18 bits per heavy atom. The molecule has 0 saturated carbocycles. The highest BCUT2D eigenvalue weighted by Gasteiger charge is 2.27. The van der Waals surface area contributed by atoms with E-state index < -0.39 is 0 Å². The van der Waals surface area contributed by atoms with Crippen LogP contribution in [0.15, 0.2) is 60.9 Å². The summed E-state index contributed by atoms with van der Waals surface area (Å²) < 4.78 is 5.94. The van der Waals surface area contributed by atoms with E-state index in [9.17, 15) is 9.90 Å². The molecule has 0 radical (unpaired) electrons. The van der Waals surface area contributed by atoms with Crippen molar-refractivity contribution >= 4 is 16.8 Å². The number of carbonyl (C=O) groups excluding carboxylic acids is 1. The lowest BCUT2D eigenvalue weighted by Gasteiger charge is -2.40. The molecular formula is C25H26N6O3. The van der Waals surface area contributed by atoms with Crippen LogP contribution in [-0.2, 0) is 11.3 Å². The third-order valence-corrected chi connectivity index (χ3v) is 6.11. The van der Waals surface area contributed by atoms with Crippen LogP contribution in [0.1, 0.15) is 12.6 Å². The standard InChI is InChI=1S/C25H26N6O3/c1-17(33)30-10-11-31(21(15-30)16-32)14-20-4-2-18-12-22(5-6-23(18)28-20)34-25-7-3-19(13-26-25)24-8-9-27-29-24/h2-9,12-13,21,32H,10-11,14-16H2,1H3,(H,27,29)/t21-/m0/s1. The van der Waals surface area contributed by atoms with E-state index in [2.05, 4.69) is 20.1 Å². The maximum atomic E-state index is 11.7. The maximum absolute atomic E-state index is 11.7. The number of piperazine rings is 1. The van der Waals surface area contributed by atoms with Crippen LogP contribution in [0.3, 0.4) is 0 Å². The van der Waals surface area contributed by atoms with E-state index in [1.54, 1.807) is 24.2 Å². The topological polar surface area (TPSA) is 107 Å². The molecule has 2 N–H and O–H groups in total. The molecule has 1 saturated heterocycles. The molecule has 0 unspecified atom stereocenters. The van der Waals surface area contributed by atoms with E-state index in [-0.39, 0.29) is 18.6 Å². The highest BCUT2D eigenvalue weighted by Crippen LogP contribution is 2.26. The number of aromatic amines is 1. The molecule has 0 bridgehead atoms. The summed E-state index contributed by atoms with van der Waals surface area (Å²) in [5.41, 5.74) is 3.63. The molecule has 1 fully saturated rings. The zero-order valence-corrected chi connectivity index (χ0v) is 18.9. The van der Waals surface area contributed by atoms with Crippen LogP contribution in [-0.4, -0.2) is 73.3 Å². The first kappa shape index (κ1) is 22.0. The molecule has 4 heterocycles. The largest absolute Gasteiger partial charge is 0.439 e. The lowest BCUT2D eigenvalue weighted by Crippen LogP contribution is -2.55. The van der Waals surface area contributed by atoms with Crippen LogP contribution in [0, 0.1) is 0 Å². The Bertz CT molecular complexity index is 1280. The first-order chi connectivity index (χ1) is 16.6. The number of ether oxygens (including phenoxy) is 1. The van der Waals surface area contributed by atoms with Crippen LogP contribution in [0.5, 0.6) is 11.6 Å². The second kappa shape index (κ2) is 9.58. The minimum atomic E-state index is -0.0851. The van der Waals surface area contributed by atoms with Gasteiger partial charge in [-0.15, -0.1) is 0 Å². The first-order valence-electron chi connectivity index (χ1n) is 11.2. The number of carbonyl (C=O) groups is 1. The summed E-state index contributed by atoms with van der Waals surface area (Å²) in [5.74, 6) is 1.24. The van der Waals surface area contributed by atoms with Gasteiger partial charge in [0.15, 0.2) is 0 Å². The highest BCUT2D eigenvalue weighted by molar-refractivity contribution is 5.80. The van der Waals surface area contributed by atoms with Crippen molar-refractivity contribution < 1.29 is 14.6 Å². The second-order valence-corrected chi connectivity index (χ2v) is 8.39. The third-order valence-electron chi connectivity index (χ3n) is 6.11. The number of pyridine rings is 2.